The minimum Gasteiger partial charge on any atom is -0.360 e. The Morgan fingerprint density at radius 2 is 2.43 bits per heavy atom. The van der Waals surface area contributed by atoms with Gasteiger partial charge < -0.3 is 9.84 Å². The van der Waals surface area contributed by atoms with Gasteiger partial charge in [0.1, 0.15) is 5.76 Å². The SMILES string of the molecule is Cc1cc(NC(=O)CCn2nnc(-c3ccsc3)n2)no1. The Hall–Kier alpha value is -2.55. The topological polar surface area (TPSA) is 98.7 Å². The van der Waals surface area contributed by atoms with Gasteiger partial charge in [0, 0.05) is 23.4 Å². The molecular formula is C12H12N6O2S. The largest absolute Gasteiger partial charge is 0.360 e. The average molecular weight is 304 g/mol. The lowest BCUT2D eigenvalue weighted by Gasteiger charge is -1.99. The number of nitrogens with one attached hydrogen (secondary N) is 1. The summed E-state index contributed by atoms with van der Waals surface area (Å²) in [5.41, 5.74) is 0.925. The predicted molar refractivity (Wildman–Crippen MR) is 75.6 cm³/mol. The van der Waals surface area contributed by atoms with Gasteiger partial charge in [-0.3, -0.25) is 4.79 Å². The van der Waals surface area contributed by atoms with Gasteiger partial charge >= 0.3 is 0 Å². The van der Waals surface area contributed by atoms with Crippen molar-refractivity contribution in [2.45, 2.75) is 19.9 Å². The minimum atomic E-state index is -0.183. The summed E-state index contributed by atoms with van der Waals surface area (Å²) in [5.74, 6) is 1.42. The van der Waals surface area contributed by atoms with Crippen molar-refractivity contribution in [3.8, 4) is 11.4 Å². The number of carbonyl (C=O) groups excluding carboxylic acids is 1. The molecule has 0 fully saturated rings. The van der Waals surface area contributed by atoms with Crippen LogP contribution in [0, 0.1) is 6.92 Å². The molecule has 0 aliphatic heterocycles. The van der Waals surface area contributed by atoms with E-state index in [0.29, 0.717) is 23.9 Å². The van der Waals surface area contributed by atoms with Crippen LogP contribution in [0.25, 0.3) is 11.4 Å². The lowest BCUT2D eigenvalue weighted by molar-refractivity contribution is -0.116. The number of amides is 1. The highest BCUT2D eigenvalue weighted by Crippen LogP contribution is 2.16. The normalized spacial score (nSPS) is 10.7. The number of carbonyl (C=O) groups is 1. The summed E-state index contributed by atoms with van der Waals surface area (Å²) in [6.07, 6.45) is 0.228. The van der Waals surface area contributed by atoms with Crippen LogP contribution in [0.3, 0.4) is 0 Å². The van der Waals surface area contributed by atoms with Gasteiger partial charge in [0.2, 0.25) is 11.7 Å². The molecule has 3 rings (SSSR count). The van der Waals surface area contributed by atoms with E-state index >= 15 is 0 Å². The van der Waals surface area contributed by atoms with Crippen molar-refractivity contribution in [2.75, 3.05) is 5.32 Å². The van der Waals surface area contributed by atoms with Crippen LogP contribution in [0.1, 0.15) is 12.2 Å². The number of rotatable bonds is 5. The quantitative estimate of drug-likeness (QED) is 0.770. The third-order valence-electron chi connectivity index (χ3n) is 2.67. The second-order valence-electron chi connectivity index (χ2n) is 4.34. The van der Waals surface area contributed by atoms with Crippen molar-refractivity contribution in [1.29, 1.82) is 0 Å². The molecule has 0 aliphatic rings. The molecule has 8 nitrogen and oxygen atoms in total. The molecule has 3 heterocycles. The molecule has 1 amide bonds. The van der Waals surface area contributed by atoms with E-state index in [1.54, 1.807) is 24.3 Å². The second-order valence-corrected chi connectivity index (χ2v) is 5.12. The number of hydrogen-bond acceptors (Lipinski definition) is 7. The zero-order valence-electron chi connectivity index (χ0n) is 11.2. The van der Waals surface area contributed by atoms with Crippen LogP contribution in [0.4, 0.5) is 5.82 Å². The minimum absolute atomic E-state index is 0.183. The average Bonchev–Trinajstić information content (AvgIpc) is 3.17. The summed E-state index contributed by atoms with van der Waals surface area (Å²) in [6, 6.07) is 3.58. The van der Waals surface area contributed by atoms with E-state index in [4.69, 9.17) is 4.52 Å². The summed E-state index contributed by atoms with van der Waals surface area (Å²) in [6.45, 7) is 2.10. The van der Waals surface area contributed by atoms with Gasteiger partial charge in [0.05, 0.1) is 6.54 Å². The highest BCUT2D eigenvalue weighted by atomic mass is 32.1. The van der Waals surface area contributed by atoms with Crippen molar-refractivity contribution < 1.29 is 9.32 Å². The first kappa shape index (κ1) is 13.4. The molecule has 9 heteroatoms. The third-order valence-corrected chi connectivity index (χ3v) is 3.35. The molecule has 0 radical (unpaired) electrons. The highest BCUT2D eigenvalue weighted by Gasteiger charge is 2.09. The fraction of sp³-hybridized carbons (Fsp3) is 0.250. The van der Waals surface area contributed by atoms with E-state index in [-0.39, 0.29) is 12.3 Å². The van der Waals surface area contributed by atoms with E-state index in [1.165, 1.54) is 4.80 Å². The zero-order valence-corrected chi connectivity index (χ0v) is 12.0. The first-order valence-electron chi connectivity index (χ1n) is 6.24. The number of nitrogens with zero attached hydrogens (tertiary/aromatic N) is 5. The van der Waals surface area contributed by atoms with E-state index in [1.807, 2.05) is 16.8 Å². The van der Waals surface area contributed by atoms with Crippen LogP contribution < -0.4 is 5.32 Å². The van der Waals surface area contributed by atoms with Gasteiger partial charge in [-0.25, -0.2) is 0 Å². The Bertz CT molecular complexity index is 733. The monoisotopic (exact) mass is 304 g/mol. The van der Waals surface area contributed by atoms with Crippen molar-refractivity contribution >= 4 is 23.1 Å². The number of aryl methyl sites for hydroxylation is 2. The van der Waals surface area contributed by atoms with Gasteiger partial charge in [-0.2, -0.15) is 16.1 Å². The van der Waals surface area contributed by atoms with E-state index in [9.17, 15) is 4.79 Å². The number of hydrogen-bond donors (Lipinski definition) is 1. The fourth-order valence-corrected chi connectivity index (χ4v) is 2.31. The smallest absolute Gasteiger partial charge is 0.227 e. The first-order valence-corrected chi connectivity index (χ1v) is 7.18. The molecule has 0 aromatic carbocycles. The number of thiophene rings is 1. The Morgan fingerprint density at radius 1 is 1.52 bits per heavy atom. The Morgan fingerprint density at radius 3 is 3.14 bits per heavy atom. The van der Waals surface area contributed by atoms with Gasteiger partial charge in [0.25, 0.3) is 0 Å². The van der Waals surface area contributed by atoms with Gasteiger partial charge in [-0.15, -0.1) is 10.2 Å². The number of anilines is 1. The molecule has 0 spiro atoms. The molecule has 0 bridgehead atoms. The lowest BCUT2D eigenvalue weighted by atomic mass is 10.3. The maximum Gasteiger partial charge on any atom is 0.227 e. The molecule has 0 saturated heterocycles. The van der Waals surface area contributed by atoms with E-state index in [2.05, 4.69) is 25.9 Å². The molecule has 3 aromatic heterocycles. The van der Waals surface area contributed by atoms with Crippen molar-refractivity contribution in [3.05, 3.63) is 28.7 Å². The van der Waals surface area contributed by atoms with E-state index < -0.39 is 0 Å². The maximum absolute atomic E-state index is 11.8. The molecule has 0 saturated carbocycles. The van der Waals surface area contributed by atoms with Crippen LogP contribution >= 0.6 is 11.3 Å². The molecule has 3 aromatic rings. The predicted octanol–water partition coefficient (Wildman–Crippen LogP) is 1.73. The summed E-state index contributed by atoms with van der Waals surface area (Å²) < 4.78 is 4.87. The van der Waals surface area contributed by atoms with Crippen molar-refractivity contribution in [3.63, 3.8) is 0 Å². The Balaban J connectivity index is 1.54. The lowest BCUT2D eigenvalue weighted by Crippen LogP contribution is -2.15. The molecular weight excluding hydrogens is 292 g/mol. The van der Waals surface area contributed by atoms with Crippen LogP contribution in [-0.4, -0.2) is 31.3 Å². The number of tetrazole rings is 1. The van der Waals surface area contributed by atoms with Crippen molar-refractivity contribution in [1.82, 2.24) is 25.4 Å². The van der Waals surface area contributed by atoms with Gasteiger partial charge in [-0.05, 0) is 23.6 Å². The first-order chi connectivity index (χ1) is 10.2. The molecule has 0 unspecified atom stereocenters. The molecule has 1 N–H and O–H groups in total. The molecule has 0 atom stereocenters. The van der Waals surface area contributed by atoms with Crippen molar-refractivity contribution in [2.24, 2.45) is 0 Å². The summed E-state index contributed by atoms with van der Waals surface area (Å²) in [5, 5.41) is 22.3. The fourth-order valence-electron chi connectivity index (χ4n) is 1.68. The third kappa shape index (κ3) is 3.31. The van der Waals surface area contributed by atoms with Crippen LogP contribution in [0.15, 0.2) is 27.4 Å². The summed E-state index contributed by atoms with van der Waals surface area (Å²) in [4.78, 5) is 13.2. The standard InChI is InChI=1S/C12H12N6O2S/c1-8-6-10(16-20-8)13-11(19)2-4-18-15-12(14-17-18)9-3-5-21-7-9/h3,5-7H,2,4H2,1H3,(H,13,16,19). The van der Waals surface area contributed by atoms with Crippen LogP contribution in [0.2, 0.25) is 0 Å². The van der Waals surface area contributed by atoms with E-state index in [0.717, 1.165) is 5.56 Å². The summed E-state index contributed by atoms with van der Waals surface area (Å²) in [7, 11) is 0. The Labute approximate surface area is 123 Å². The van der Waals surface area contributed by atoms with Gasteiger partial charge in [0.15, 0.2) is 5.82 Å². The number of aromatic nitrogens is 5. The molecule has 0 aliphatic carbocycles. The van der Waals surface area contributed by atoms with Gasteiger partial charge in [-0.1, -0.05) is 5.16 Å². The highest BCUT2D eigenvalue weighted by molar-refractivity contribution is 7.08. The zero-order chi connectivity index (χ0) is 14.7. The molecule has 21 heavy (non-hydrogen) atoms. The van der Waals surface area contributed by atoms with Crippen LogP contribution in [0.5, 0.6) is 0 Å². The van der Waals surface area contributed by atoms with Crippen LogP contribution in [-0.2, 0) is 11.3 Å². The Kier molecular flexibility index (Phi) is 3.73. The summed E-state index contributed by atoms with van der Waals surface area (Å²) >= 11 is 1.57. The molecule has 108 valence electrons. The maximum atomic E-state index is 11.8. The second kappa shape index (κ2) is 5.83.